The molecule has 2 saturated heterocycles. The first-order valence-electron chi connectivity index (χ1n) is 8.44. The molecule has 0 aromatic carbocycles. The monoisotopic (exact) mass is 411 g/mol. The SMILES string of the molecule is CO[C@@H]1C(C(=O)O)OC(O[C@H]2[C@H](O)[C@@H](CO)OC(O)[C@@H]2NC(C)=O)[C@H](O)[C@H]1O. The predicted octanol–water partition coefficient (Wildman–Crippen LogP) is -4.51. The maximum atomic E-state index is 11.4. The number of carboxylic acid groups (broad SMARTS) is 1. The molecule has 13 nitrogen and oxygen atoms in total. The number of amides is 1. The van der Waals surface area contributed by atoms with Gasteiger partial charge in [-0.3, -0.25) is 4.79 Å². The lowest BCUT2D eigenvalue weighted by molar-refractivity contribution is -0.338. The van der Waals surface area contributed by atoms with Gasteiger partial charge >= 0.3 is 5.97 Å². The van der Waals surface area contributed by atoms with Crippen LogP contribution in [0.1, 0.15) is 6.92 Å². The van der Waals surface area contributed by atoms with Crippen LogP contribution in [0.15, 0.2) is 0 Å². The van der Waals surface area contributed by atoms with E-state index in [1.54, 1.807) is 0 Å². The minimum atomic E-state index is -1.78. The Morgan fingerprint density at radius 2 is 1.68 bits per heavy atom. The van der Waals surface area contributed by atoms with Crippen molar-refractivity contribution in [2.75, 3.05) is 13.7 Å². The minimum Gasteiger partial charge on any atom is -0.479 e. The van der Waals surface area contributed by atoms with Crippen molar-refractivity contribution < 1.29 is 59.2 Å². The van der Waals surface area contributed by atoms with Gasteiger partial charge in [0.2, 0.25) is 5.91 Å². The lowest BCUT2D eigenvalue weighted by Gasteiger charge is -2.46. The first kappa shape index (κ1) is 22.9. The lowest BCUT2D eigenvalue weighted by atomic mass is 9.95. The molecule has 2 fully saturated rings. The largest absolute Gasteiger partial charge is 0.479 e. The van der Waals surface area contributed by atoms with E-state index in [2.05, 4.69) is 5.32 Å². The van der Waals surface area contributed by atoms with Gasteiger partial charge in [0.25, 0.3) is 0 Å². The molecule has 10 atom stereocenters. The molecule has 1 amide bonds. The quantitative estimate of drug-likeness (QED) is 0.221. The summed E-state index contributed by atoms with van der Waals surface area (Å²) in [5.74, 6) is -2.10. The fourth-order valence-corrected chi connectivity index (χ4v) is 3.20. The second-order valence-corrected chi connectivity index (χ2v) is 6.51. The average Bonchev–Trinajstić information content (AvgIpc) is 2.63. The summed E-state index contributed by atoms with van der Waals surface area (Å²) in [6.45, 7) is 0.429. The Labute approximate surface area is 159 Å². The second-order valence-electron chi connectivity index (χ2n) is 6.51. The van der Waals surface area contributed by atoms with E-state index in [-0.39, 0.29) is 0 Å². The van der Waals surface area contributed by atoms with Gasteiger partial charge in [0.05, 0.1) is 6.61 Å². The van der Waals surface area contributed by atoms with Crippen molar-refractivity contribution in [3.63, 3.8) is 0 Å². The minimum absolute atomic E-state index is 0.607. The summed E-state index contributed by atoms with van der Waals surface area (Å²) < 4.78 is 20.5. The molecule has 0 spiro atoms. The molecule has 0 bridgehead atoms. The van der Waals surface area contributed by atoms with Crippen LogP contribution in [0.3, 0.4) is 0 Å². The Balaban J connectivity index is 2.26. The van der Waals surface area contributed by atoms with Gasteiger partial charge in [-0.2, -0.15) is 0 Å². The summed E-state index contributed by atoms with van der Waals surface area (Å²) in [6, 6.07) is -1.34. The molecular weight excluding hydrogens is 386 g/mol. The van der Waals surface area contributed by atoms with Crippen LogP contribution in [0, 0.1) is 0 Å². The van der Waals surface area contributed by atoms with E-state index in [9.17, 15) is 40.2 Å². The molecular formula is C15H25NO12. The zero-order valence-electron chi connectivity index (χ0n) is 15.1. The maximum absolute atomic E-state index is 11.4. The number of nitrogens with one attached hydrogen (secondary N) is 1. The normalized spacial score (nSPS) is 44.1. The molecule has 0 saturated carbocycles. The molecule has 3 unspecified atom stereocenters. The number of aliphatic hydroxyl groups excluding tert-OH is 5. The van der Waals surface area contributed by atoms with E-state index in [1.165, 1.54) is 0 Å². The van der Waals surface area contributed by atoms with Gasteiger partial charge in [-0.15, -0.1) is 0 Å². The molecule has 2 aliphatic rings. The molecule has 13 heteroatoms. The first-order valence-corrected chi connectivity index (χ1v) is 8.44. The van der Waals surface area contributed by atoms with Crippen LogP contribution in [0.2, 0.25) is 0 Å². The average molecular weight is 411 g/mol. The molecule has 0 radical (unpaired) electrons. The zero-order chi connectivity index (χ0) is 21.2. The molecule has 2 heterocycles. The summed E-state index contributed by atoms with van der Waals surface area (Å²) in [6.07, 6.45) is -14.4. The molecule has 2 aliphatic heterocycles. The van der Waals surface area contributed by atoms with Crippen molar-refractivity contribution in [2.45, 2.75) is 68.3 Å². The number of aliphatic carboxylic acids is 1. The number of aliphatic hydroxyl groups is 5. The highest BCUT2D eigenvalue weighted by molar-refractivity contribution is 5.73. The van der Waals surface area contributed by atoms with Crippen molar-refractivity contribution >= 4 is 11.9 Å². The van der Waals surface area contributed by atoms with Crippen molar-refractivity contribution in [1.82, 2.24) is 5.32 Å². The van der Waals surface area contributed by atoms with E-state index < -0.39 is 79.8 Å². The summed E-state index contributed by atoms with van der Waals surface area (Å²) in [5.41, 5.74) is 0. The van der Waals surface area contributed by atoms with Crippen LogP contribution >= 0.6 is 0 Å². The highest BCUT2D eigenvalue weighted by Crippen LogP contribution is 2.29. The summed E-state index contributed by atoms with van der Waals surface area (Å²) >= 11 is 0. The van der Waals surface area contributed by atoms with E-state index >= 15 is 0 Å². The number of hydrogen-bond donors (Lipinski definition) is 7. The number of rotatable bonds is 6. The Kier molecular flexibility index (Phi) is 7.66. The molecule has 2 rings (SSSR count). The van der Waals surface area contributed by atoms with E-state index in [1.807, 2.05) is 0 Å². The Morgan fingerprint density at radius 1 is 1.04 bits per heavy atom. The number of ether oxygens (including phenoxy) is 4. The maximum Gasteiger partial charge on any atom is 0.335 e. The van der Waals surface area contributed by atoms with Gasteiger partial charge in [-0.1, -0.05) is 0 Å². The van der Waals surface area contributed by atoms with Gasteiger partial charge in [-0.05, 0) is 0 Å². The fourth-order valence-electron chi connectivity index (χ4n) is 3.20. The Hall–Kier alpha value is -1.42. The van der Waals surface area contributed by atoms with Gasteiger partial charge < -0.3 is 54.9 Å². The molecule has 0 aromatic rings. The topological polar surface area (TPSA) is 204 Å². The van der Waals surface area contributed by atoms with Crippen molar-refractivity contribution in [1.29, 1.82) is 0 Å². The number of hydrogen-bond acceptors (Lipinski definition) is 11. The van der Waals surface area contributed by atoms with Crippen molar-refractivity contribution in [3.05, 3.63) is 0 Å². The molecule has 28 heavy (non-hydrogen) atoms. The van der Waals surface area contributed by atoms with Gasteiger partial charge in [0, 0.05) is 14.0 Å². The van der Waals surface area contributed by atoms with Crippen molar-refractivity contribution in [3.8, 4) is 0 Å². The van der Waals surface area contributed by atoms with Gasteiger partial charge in [0.1, 0.15) is 42.7 Å². The third kappa shape index (κ3) is 4.59. The number of carbonyl (C=O) groups is 2. The molecule has 0 aliphatic carbocycles. The van der Waals surface area contributed by atoms with Crippen LogP contribution in [-0.2, 0) is 28.5 Å². The van der Waals surface area contributed by atoms with Crippen LogP contribution < -0.4 is 5.32 Å². The van der Waals surface area contributed by atoms with Crippen LogP contribution in [0.5, 0.6) is 0 Å². The van der Waals surface area contributed by atoms with E-state index in [0.29, 0.717) is 0 Å². The molecule has 162 valence electrons. The predicted molar refractivity (Wildman–Crippen MR) is 85.6 cm³/mol. The number of carbonyl (C=O) groups excluding carboxylic acids is 1. The number of methoxy groups -OCH3 is 1. The summed E-state index contributed by atoms with van der Waals surface area (Å²) in [4.78, 5) is 22.8. The summed E-state index contributed by atoms with van der Waals surface area (Å²) in [5, 5.41) is 61.7. The van der Waals surface area contributed by atoms with Crippen LogP contribution in [0.4, 0.5) is 0 Å². The highest BCUT2D eigenvalue weighted by atomic mass is 16.7. The van der Waals surface area contributed by atoms with Gasteiger partial charge in [-0.25, -0.2) is 4.79 Å². The Bertz CT molecular complexity index is 561. The van der Waals surface area contributed by atoms with Crippen LogP contribution in [-0.4, -0.2) is 118 Å². The second kappa shape index (κ2) is 9.39. The third-order valence-corrected chi connectivity index (χ3v) is 4.59. The zero-order valence-corrected chi connectivity index (χ0v) is 15.1. The smallest absolute Gasteiger partial charge is 0.335 e. The summed E-state index contributed by atoms with van der Waals surface area (Å²) in [7, 11) is 1.12. The standard InChI is InChI=1S/C15H25NO12/c1-4(18)16-6-10(7(19)5(3-17)26-14(6)24)27-15-9(21)8(20)11(25-2)12(28-15)13(22)23/h5-12,14-15,17,19-21,24H,3H2,1-2H3,(H,16,18)(H,22,23)/t5-,6-,7-,8-,9-,10-,11+,12?,14?,15?/m1/s1. The van der Waals surface area contributed by atoms with E-state index in [4.69, 9.17) is 18.9 Å². The fraction of sp³-hybridized carbons (Fsp3) is 0.867. The van der Waals surface area contributed by atoms with Crippen LogP contribution in [0.25, 0.3) is 0 Å². The van der Waals surface area contributed by atoms with E-state index in [0.717, 1.165) is 14.0 Å². The third-order valence-electron chi connectivity index (χ3n) is 4.59. The number of carboxylic acids is 1. The lowest BCUT2D eigenvalue weighted by Crippen LogP contribution is -2.68. The Morgan fingerprint density at radius 3 is 2.18 bits per heavy atom. The van der Waals surface area contributed by atoms with Gasteiger partial charge in [0.15, 0.2) is 18.7 Å². The molecule has 0 aromatic heterocycles. The molecule has 7 N–H and O–H groups in total. The first-order chi connectivity index (χ1) is 13.1. The van der Waals surface area contributed by atoms with Crippen molar-refractivity contribution in [2.24, 2.45) is 0 Å². The highest BCUT2D eigenvalue weighted by Gasteiger charge is 2.52.